The molecule has 0 bridgehead atoms. The first-order chi connectivity index (χ1) is 12.1. The monoisotopic (exact) mass is 336 g/mol. The Morgan fingerprint density at radius 1 is 1.24 bits per heavy atom. The third-order valence-electron chi connectivity index (χ3n) is 4.12. The molecule has 0 aliphatic rings. The van der Waals surface area contributed by atoms with E-state index in [-0.39, 0.29) is 11.9 Å². The van der Waals surface area contributed by atoms with Crippen LogP contribution in [0, 0.1) is 6.92 Å². The molecule has 6 nitrogen and oxygen atoms in total. The van der Waals surface area contributed by atoms with Crippen molar-refractivity contribution in [1.29, 1.82) is 0 Å². The lowest BCUT2D eigenvalue weighted by molar-refractivity contribution is 0.0702. The Morgan fingerprint density at radius 2 is 2.08 bits per heavy atom. The second-order valence-corrected chi connectivity index (χ2v) is 5.76. The van der Waals surface area contributed by atoms with E-state index >= 15 is 0 Å². The standard InChI is InChI=1S/C19H20N4O2/c1-4-23(13(2)17-9-6-10-20-12-17)19(24)16-8-5-7-15(11-16)18-22-21-14(3)25-18/h5-13H,4H2,1-3H3/t13-/m0/s1. The van der Waals surface area contributed by atoms with Crippen molar-refractivity contribution in [1.82, 2.24) is 20.1 Å². The van der Waals surface area contributed by atoms with Crippen LogP contribution in [0.15, 0.2) is 53.2 Å². The summed E-state index contributed by atoms with van der Waals surface area (Å²) < 4.78 is 5.45. The molecule has 0 aliphatic carbocycles. The van der Waals surface area contributed by atoms with Gasteiger partial charge in [-0.2, -0.15) is 0 Å². The summed E-state index contributed by atoms with van der Waals surface area (Å²) in [7, 11) is 0. The van der Waals surface area contributed by atoms with Gasteiger partial charge in [0.05, 0.1) is 6.04 Å². The van der Waals surface area contributed by atoms with E-state index < -0.39 is 0 Å². The van der Waals surface area contributed by atoms with Gasteiger partial charge >= 0.3 is 0 Å². The van der Waals surface area contributed by atoms with Crippen LogP contribution in [0.5, 0.6) is 0 Å². The van der Waals surface area contributed by atoms with Crippen molar-refractivity contribution in [2.75, 3.05) is 6.54 Å². The molecule has 0 unspecified atom stereocenters. The molecule has 3 aromatic rings. The highest BCUT2D eigenvalue weighted by Gasteiger charge is 2.22. The molecule has 2 heterocycles. The van der Waals surface area contributed by atoms with Crippen LogP contribution in [-0.4, -0.2) is 32.5 Å². The first kappa shape index (κ1) is 16.8. The van der Waals surface area contributed by atoms with Gasteiger partial charge in [0.25, 0.3) is 5.91 Å². The molecule has 6 heteroatoms. The number of carbonyl (C=O) groups is 1. The number of nitrogens with zero attached hydrogens (tertiary/aromatic N) is 4. The largest absolute Gasteiger partial charge is 0.421 e. The second-order valence-electron chi connectivity index (χ2n) is 5.76. The summed E-state index contributed by atoms with van der Waals surface area (Å²) in [5.74, 6) is 0.861. The molecule has 25 heavy (non-hydrogen) atoms. The van der Waals surface area contributed by atoms with E-state index in [1.165, 1.54) is 0 Å². The highest BCUT2D eigenvalue weighted by molar-refractivity contribution is 5.95. The van der Waals surface area contributed by atoms with Crippen molar-refractivity contribution < 1.29 is 9.21 Å². The van der Waals surface area contributed by atoms with E-state index in [1.807, 2.05) is 43.0 Å². The molecular formula is C19H20N4O2. The van der Waals surface area contributed by atoms with Crippen LogP contribution in [0.25, 0.3) is 11.5 Å². The van der Waals surface area contributed by atoms with Crippen LogP contribution in [0.4, 0.5) is 0 Å². The van der Waals surface area contributed by atoms with Gasteiger partial charge in [0.15, 0.2) is 0 Å². The highest BCUT2D eigenvalue weighted by Crippen LogP contribution is 2.24. The number of hydrogen-bond acceptors (Lipinski definition) is 5. The number of benzene rings is 1. The normalized spacial score (nSPS) is 12.0. The molecule has 0 N–H and O–H groups in total. The lowest BCUT2D eigenvalue weighted by Crippen LogP contribution is -2.33. The van der Waals surface area contributed by atoms with Gasteiger partial charge in [-0.15, -0.1) is 10.2 Å². The second kappa shape index (κ2) is 7.25. The summed E-state index contributed by atoms with van der Waals surface area (Å²) in [6.45, 7) is 6.30. The maximum Gasteiger partial charge on any atom is 0.254 e. The van der Waals surface area contributed by atoms with Gasteiger partial charge in [-0.25, -0.2) is 0 Å². The molecule has 3 rings (SSSR count). The SMILES string of the molecule is CCN(C(=O)c1cccc(-c2nnc(C)o2)c1)[C@@H](C)c1cccnc1. The van der Waals surface area contributed by atoms with Gasteiger partial charge in [0.1, 0.15) is 0 Å². The molecule has 0 fully saturated rings. The Balaban J connectivity index is 1.88. The number of hydrogen-bond donors (Lipinski definition) is 0. The fourth-order valence-corrected chi connectivity index (χ4v) is 2.76. The fraction of sp³-hybridized carbons (Fsp3) is 0.263. The Hall–Kier alpha value is -3.02. The van der Waals surface area contributed by atoms with Crippen LogP contribution in [0.1, 0.15) is 41.7 Å². The average molecular weight is 336 g/mol. The van der Waals surface area contributed by atoms with E-state index in [2.05, 4.69) is 15.2 Å². The van der Waals surface area contributed by atoms with Crippen LogP contribution in [-0.2, 0) is 0 Å². The minimum atomic E-state index is -0.0690. The van der Waals surface area contributed by atoms with Crippen molar-refractivity contribution in [3.63, 3.8) is 0 Å². The minimum absolute atomic E-state index is 0.0445. The topological polar surface area (TPSA) is 72.1 Å². The predicted octanol–water partition coefficient (Wildman–Crippen LogP) is 3.66. The smallest absolute Gasteiger partial charge is 0.254 e. The maximum absolute atomic E-state index is 13.0. The molecular weight excluding hydrogens is 316 g/mol. The lowest BCUT2D eigenvalue weighted by Gasteiger charge is -2.28. The first-order valence-electron chi connectivity index (χ1n) is 8.21. The minimum Gasteiger partial charge on any atom is -0.421 e. The highest BCUT2D eigenvalue weighted by atomic mass is 16.4. The van der Waals surface area contributed by atoms with E-state index in [4.69, 9.17) is 4.42 Å². The molecule has 1 amide bonds. The quantitative estimate of drug-likeness (QED) is 0.711. The number of aryl methyl sites for hydroxylation is 1. The number of aromatic nitrogens is 3. The maximum atomic E-state index is 13.0. The van der Waals surface area contributed by atoms with E-state index in [0.29, 0.717) is 23.9 Å². The van der Waals surface area contributed by atoms with Gasteiger partial charge in [-0.1, -0.05) is 12.1 Å². The lowest BCUT2D eigenvalue weighted by atomic mass is 10.1. The van der Waals surface area contributed by atoms with Crippen molar-refractivity contribution in [3.05, 3.63) is 65.8 Å². The van der Waals surface area contributed by atoms with Gasteiger partial charge in [0.2, 0.25) is 11.8 Å². The fourth-order valence-electron chi connectivity index (χ4n) is 2.76. The van der Waals surface area contributed by atoms with Gasteiger partial charge in [-0.05, 0) is 43.7 Å². The van der Waals surface area contributed by atoms with Crippen LogP contribution in [0.2, 0.25) is 0 Å². The van der Waals surface area contributed by atoms with Crippen LogP contribution >= 0.6 is 0 Å². The zero-order chi connectivity index (χ0) is 17.8. The van der Waals surface area contributed by atoms with Crippen molar-refractivity contribution in [2.24, 2.45) is 0 Å². The van der Waals surface area contributed by atoms with Crippen LogP contribution < -0.4 is 0 Å². The molecule has 0 spiro atoms. The molecule has 0 saturated carbocycles. The molecule has 2 aromatic heterocycles. The Morgan fingerprint density at radius 3 is 2.72 bits per heavy atom. The predicted molar refractivity (Wildman–Crippen MR) is 93.8 cm³/mol. The molecule has 0 radical (unpaired) electrons. The average Bonchev–Trinajstić information content (AvgIpc) is 3.09. The van der Waals surface area contributed by atoms with Crippen LogP contribution in [0.3, 0.4) is 0 Å². The molecule has 0 saturated heterocycles. The summed E-state index contributed by atoms with van der Waals surface area (Å²) in [6, 6.07) is 11.0. The Bertz CT molecular complexity index is 861. The third-order valence-corrected chi connectivity index (χ3v) is 4.12. The summed E-state index contributed by atoms with van der Waals surface area (Å²) >= 11 is 0. The Kier molecular flexibility index (Phi) is 4.88. The van der Waals surface area contributed by atoms with Gasteiger partial charge < -0.3 is 9.32 Å². The van der Waals surface area contributed by atoms with Crippen molar-refractivity contribution in [3.8, 4) is 11.5 Å². The first-order valence-corrected chi connectivity index (χ1v) is 8.21. The van der Waals surface area contributed by atoms with E-state index in [0.717, 1.165) is 11.1 Å². The van der Waals surface area contributed by atoms with E-state index in [1.54, 1.807) is 31.5 Å². The molecule has 1 aromatic carbocycles. The summed E-state index contributed by atoms with van der Waals surface area (Å²) in [4.78, 5) is 19.0. The zero-order valence-corrected chi connectivity index (χ0v) is 14.5. The van der Waals surface area contributed by atoms with Gasteiger partial charge in [0, 0.05) is 37.0 Å². The third kappa shape index (κ3) is 3.57. The van der Waals surface area contributed by atoms with Crippen molar-refractivity contribution >= 4 is 5.91 Å². The molecule has 128 valence electrons. The number of rotatable bonds is 5. The number of carbonyl (C=O) groups excluding carboxylic acids is 1. The molecule has 1 atom stereocenters. The van der Waals surface area contributed by atoms with Crippen molar-refractivity contribution in [2.45, 2.75) is 26.8 Å². The summed E-state index contributed by atoms with van der Waals surface area (Å²) in [6.07, 6.45) is 3.52. The zero-order valence-electron chi connectivity index (χ0n) is 14.5. The number of pyridine rings is 1. The van der Waals surface area contributed by atoms with Gasteiger partial charge in [-0.3, -0.25) is 9.78 Å². The number of amides is 1. The molecule has 0 aliphatic heterocycles. The summed E-state index contributed by atoms with van der Waals surface area (Å²) in [5, 5.41) is 7.85. The summed E-state index contributed by atoms with van der Waals surface area (Å²) in [5.41, 5.74) is 2.32. The Labute approximate surface area is 146 Å². The van der Waals surface area contributed by atoms with E-state index in [9.17, 15) is 4.79 Å².